The van der Waals surface area contributed by atoms with Crippen molar-refractivity contribution in [3.8, 4) is 0 Å². The Bertz CT molecular complexity index is 456. The number of hydrogen-bond donors (Lipinski definition) is 3. The molecule has 1 amide bonds. The molecule has 10 heteroatoms. The molecule has 0 spiro atoms. The smallest absolute Gasteiger partial charge is 0.288 e. The molecule has 0 radical (unpaired) electrons. The number of rotatable bonds is 5. The summed E-state index contributed by atoms with van der Waals surface area (Å²) in [7, 11) is 0.257. The lowest BCUT2D eigenvalue weighted by atomic mass is 10.1. The molecule has 1 aromatic rings. The number of nitrogens with two attached hydrogens (primary N) is 1. The van der Waals surface area contributed by atoms with E-state index in [0.717, 1.165) is 4.68 Å². The number of aliphatic hydroxyl groups is 2. The van der Waals surface area contributed by atoms with Gasteiger partial charge in [-0.3, -0.25) is 4.79 Å². The largest absolute Gasteiger partial charge is 0.387 e. The molecule has 5 atom stereocenters. The molecule has 1 unspecified atom stereocenters. The van der Waals surface area contributed by atoms with E-state index in [2.05, 4.69) is 10.1 Å². The molecule has 2 rings (SSSR count). The molecule has 2 heterocycles. The Labute approximate surface area is 110 Å². The number of ether oxygens (including phenoxy) is 1. The fourth-order valence-electron chi connectivity index (χ4n) is 1.76. The molecule has 0 saturated carbocycles. The SMILES string of the molecule is CPOC[C@H]1O[C@@H](n2cnc(C(N)=O)n2)[C@H](O)[C@@H]1O. The second-order valence-corrected chi connectivity index (χ2v) is 4.67. The van der Waals surface area contributed by atoms with Crippen LogP contribution in [0.5, 0.6) is 0 Å². The van der Waals surface area contributed by atoms with Crippen LogP contribution in [0.15, 0.2) is 6.33 Å². The van der Waals surface area contributed by atoms with Gasteiger partial charge in [-0.05, 0) is 6.66 Å². The fraction of sp³-hybridized carbons (Fsp3) is 0.667. The number of carbonyl (C=O) groups excluding carboxylic acids is 1. The van der Waals surface area contributed by atoms with Crippen molar-refractivity contribution in [2.75, 3.05) is 13.3 Å². The second-order valence-electron chi connectivity index (χ2n) is 3.97. The molecule has 106 valence electrons. The molecule has 1 saturated heterocycles. The first-order valence-corrected chi connectivity index (χ1v) is 6.96. The number of primary amides is 1. The highest BCUT2D eigenvalue weighted by molar-refractivity contribution is 7.31. The third kappa shape index (κ3) is 2.90. The van der Waals surface area contributed by atoms with Gasteiger partial charge in [-0.25, -0.2) is 9.67 Å². The topological polar surface area (TPSA) is 133 Å². The molecule has 1 fully saturated rings. The monoisotopic (exact) mass is 290 g/mol. The molecule has 1 aromatic heterocycles. The van der Waals surface area contributed by atoms with E-state index in [1.165, 1.54) is 6.33 Å². The molecular weight excluding hydrogens is 275 g/mol. The van der Waals surface area contributed by atoms with Crippen LogP contribution >= 0.6 is 8.81 Å². The number of hydrogen-bond acceptors (Lipinski definition) is 7. The van der Waals surface area contributed by atoms with Crippen molar-refractivity contribution in [1.29, 1.82) is 0 Å². The van der Waals surface area contributed by atoms with E-state index in [4.69, 9.17) is 15.0 Å². The molecule has 0 aliphatic carbocycles. The van der Waals surface area contributed by atoms with Crippen molar-refractivity contribution in [1.82, 2.24) is 14.8 Å². The Hall–Kier alpha value is -1.12. The maximum Gasteiger partial charge on any atom is 0.288 e. The van der Waals surface area contributed by atoms with Crippen LogP contribution in [0.1, 0.15) is 16.8 Å². The zero-order valence-electron chi connectivity index (χ0n) is 10.1. The minimum atomic E-state index is -1.18. The normalized spacial score (nSPS) is 31.3. The molecule has 1 aliphatic heterocycles. The molecule has 0 bridgehead atoms. The molecule has 4 N–H and O–H groups in total. The molecule has 9 nitrogen and oxygen atoms in total. The van der Waals surface area contributed by atoms with Crippen molar-refractivity contribution < 1.29 is 24.3 Å². The lowest BCUT2D eigenvalue weighted by Gasteiger charge is -2.13. The molecule has 1 aliphatic rings. The maximum atomic E-state index is 10.9. The zero-order chi connectivity index (χ0) is 14.0. The summed E-state index contributed by atoms with van der Waals surface area (Å²) < 4.78 is 11.8. The summed E-state index contributed by atoms with van der Waals surface area (Å²) >= 11 is 0. The first-order valence-electron chi connectivity index (χ1n) is 5.55. The Morgan fingerprint density at radius 3 is 2.95 bits per heavy atom. The number of nitrogens with zero attached hydrogens (tertiary/aromatic N) is 3. The highest BCUT2D eigenvalue weighted by Crippen LogP contribution is 2.29. The Kier molecular flexibility index (Phi) is 4.43. The van der Waals surface area contributed by atoms with Crippen LogP contribution in [0.3, 0.4) is 0 Å². The minimum absolute atomic E-state index is 0.168. The third-order valence-corrected chi connectivity index (χ3v) is 3.17. The van der Waals surface area contributed by atoms with Crippen LogP contribution in [0.25, 0.3) is 0 Å². The second kappa shape index (κ2) is 5.89. The van der Waals surface area contributed by atoms with E-state index >= 15 is 0 Å². The summed E-state index contributed by atoms with van der Waals surface area (Å²) in [5.41, 5.74) is 5.03. The van der Waals surface area contributed by atoms with Crippen molar-refractivity contribution in [2.24, 2.45) is 5.73 Å². The first kappa shape index (κ1) is 14.3. The summed E-state index contributed by atoms with van der Waals surface area (Å²) in [6, 6.07) is 0. The van der Waals surface area contributed by atoms with Gasteiger partial charge in [0.2, 0.25) is 5.82 Å². The van der Waals surface area contributed by atoms with E-state index < -0.39 is 30.4 Å². The summed E-state index contributed by atoms with van der Waals surface area (Å²) in [5.74, 6) is -0.959. The summed E-state index contributed by atoms with van der Waals surface area (Å²) in [6.07, 6.45) is -2.65. The van der Waals surface area contributed by atoms with Gasteiger partial charge in [0.15, 0.2) is 6.23 Å². The van der Waals surface area contributed by atoms with E-state index in [1.807, 2.05) is 6.66 Å². The van der Waals surface area contributed by atoms with Gasteiger partial charge in [-0.15, -0.1) is 5.10 Å². The predicted molar refractivity (Wildman–Crippen MR) is 64.7 cm³/mol. The van der Waals surface area contributed by atoms with E-state index in [-0.39, 0.29) is 21.2 Å². The molecular formula is C9H15N4O5P. The van der Waals surface area contributed by atoms with E-state index in [9.17, 15) is 15.0 Å². The van der Waals surface area contributed by atoms with Crippen LogP contribution in [0, 0.1) is 0 Å². The van der Waals surface area contributed by atoms with Gasteiger partial charge >= 0.3 is 0 Å². The first-order chi connectivity index (χ1) is 9.04. The average molecular weight is 290 g/mol. The van der Waals surface area contributed by atoms with Crippen molar-refractivity contribution in [3.63, 3.8) is 0 Å². The van der Waals surface area contributed by atoms with E-state index in [0.29, 0.717) is 0 Å². The van der Waals surface area contributed by atoms with Crippen LogP contribution < -0.4 is 5.73 Å². The van der Waals surface area contributed by atoms with Crippen LogP contribution in [0.4, 0.5) is 0 Å². The standard InChI is InChI=1S/C9H15N4O5P/c1-19-17-2-4-5(14)6(15)9(18-4)13-3-11-8(12-13)7(10)16/h3-6,9,14-15,19H,2H2,1H3,(H2,10,16)/t4-,5-,6-,9-/m1/s1. The zero-order valence-corrected chi connectivity index (χ0v) is 11.1. The van der Waals surface area contributed by atoms with E-state index in [1.54, 1.807) is 0 Å². The lowest BCUT2D eigenvalue weighted by Crippen LogP contribution is -2.33. The number of amides is 1. The number of aliphatic hydroxyl groups excluding tert-OH is 2. The van der Waals surface area contributed by atoms with Gasteiger partial charge in [0.1, 0.15) is 24.6 Å². The summed E-state index contributed by atoms with van der Waals surface area (Å²) in [6.45, 7) is 2.01. The van der Waals surface area contributed by atoms with Gasteiger partial charge in [0, 0.05) is 8.81 Å². The fourth-order valence-corrected chi connectivity index (χ4v) is 2.09. The molecule has 0 aromatic carbocycles. The number of aromatic nitrogens is 3. The average Bonchev–Trinajstić information content (AvgIpc) is 2.95. The van der Waals surface area contributed by atoms with Crippen molar-refractivity contribution in [3.05, 3.63) is 12.2 Å². The van der Waals surface area contributed by atoms with Gasteiger partial charge in [-0.2, -0.15) is 0 Å². The van der Waals surface area contributed by atoms with Crippen LogP contribution in [0.2, 0.25) is 0 Å². The summed E-state index contributed by atoms with van der Waals surface area (Å²) in [4.78, 5) is 14.6. The highest BCUT2D eigenvalue weighted by atomic mass is 31.1. The third-order valence-electron chi connectivity index (χ3n) is 2.72. The van der Waals surface area contributed by atoms with Gasteiger partial charge < -0.3 is 25.2 Å². The predicted octanol–water partition coefficient (Wildman–Crippen LogP) is -1.76. The highest BCUT2D eigenvalue weighted by Gasteiger charge is 2.44. The Morgan fingerprint density at radius 1 is 1.63 bits per heavy atom. The van der Waals surface area contributed by atoms with Crippen LogP contribution in [-0.2, 0) is 9.26 Å². The van der Waals surface area contributed by atoms with Crippen molar-refractivity contribution in [2.45, 2.75) is 24.5 Å². The maximum absolute atomic E-state index is 10.9. The molecule has 19 heavy (non-hydrogen) atoms. The van der Waals surface area contributed by atoms with Gasteiger partial charge in [0.05, 0.1) is 6.61 Å². The summed E-state index contributed by atoms with van der Waals surface area (Å²) in [5, 5.41) is 23.5. The van der Waals surface area contributed by atoms with Crippen molar-refractivity contribution >= 4 is 14.7 Å². The Morgan fingerprint density at radius 2 is 2.37 bits per heavy atom. The van der Waals surface area contributed by atoms with Crippen LogP contribution in [-0.4, -0.2) is 62.5 Å². The lowest BCUT2D eigenvalue weighted by molar-refractivity contribution is -0.0542. The minimum Gasteiger partial charge on any atom is -0.387 e. The Balaban J connectivity index is 2.09. The van der Waals surface area contributed by atoms with Gasteiger partial charge in [-0.1, -0.05) is 0 Å². The number of carbonyl (C=O) groups is 1. The van der Waals surface area contributed by atoms with Gasteiger partial charge in [0.25, 0.3) is 5.91 Å². The quantitative estimate of drug-likeness (QED) is 0.547.